The molecular formula is C21H25N3O2. The molecule has 1 aliphatic rings. The molecule has 2 aromatic carbocycles. The fraction of sp³-hybridized carbons (Fsp3) is 0.333. The molecular weight excluding hydrogens is 326 g/mol. The summed E-state index contributed by atoms with van der Waals surface area (Å²) in [5.41, 5.74) is 2.50. The van der Waals surface area contributed by atoms with Crippen molar-refractivity contribution in [3.8, 4) is 0 Å². The summed E-state index contributed by atoms with van der Waals surface area (Å²) in [6.45, 7) is 1.48. The second kappa shape index (κ2) is 9.15. The highest BCUT2D eigenvalue weighted by molar-refractivity contribution is 5.97. The summed E-state index contributed by atoms with van der Waals surface area (Å²) >= 11 is 0. The number of hydrogen-bond acceptors (Lipinski definition) is 3. The van der Waals surface area contributed by atoms with E-state index in [4.69, 9.17) is 0 Å². The molecule has 1 fully saturated rings. The first-order valence-corrected chi connectivity index (χ1v) is 9.19. The molecule has 1 atom stereocenters. The van der Waals surface area contributed by atoms with E-state index in [0.717, 1.165) is 32.2 Å². The highest BCUT2D eigenvalue weighted by atomic mass is 16.2. The molecule has 0 spiro atoms. The minimum Gasteiger partial charge on any atom is -0.352 e. The zero-order chi connectivity index (χ0) is 18.2. The maximum absolute atomic E-state index is 12.2. The first-order chi connectivity index (χ1) is 12.7. The van der Waals surface area contributed by atoms with Crippen molar-refractivity contribution in [1.82, 2.24) is 10.6 Å². The van der Waals surface area contributed by atoms with Crippen molar-refractivity contribution < 1.29 is 9.59 Å². The Labute approximate surface area is 154 Å². The van der Waals surface area contributed by atoms with E-state index in [1.54, 1.807) is 24.3 Å². The van der Waals surface area contributed by atoms with Crippen LogP contribution in [0.25, 0.3) is 0 Å². The van der Waals surface area contributed by atoms with Crippen LogP contribution < -0.4 is 16.0 Å². The zero-order valence-corrected chi connectivity index (χ0v) is 14.8. The normalized spacial score (nSPS) is 16.7. The third-order valence-electron chi connectivity index (χ3n) is 4.58. The van der Waals surface area contributed by atoms with Gasteiger partial charge in [-0.1, -0.05) is 36.8 Å². The van der Waals surface area contributed by atoms with Crippen LogP contribution in [-0.4, -0.2) is 30.9 Å². The van der Waals surface area contributed by atoms with E-state index >= 15 is 0 Å². The molecule has 0 saturated carbocycles. The number of hydrogen-bond donors (Lipinski definition) is 3. The molecule has 1 saturated heterocycles. The molecule has 5 nitrogen and oxygen atoms in total. The van der Waals surface area contributed by atoms with Crippen molar-refractivity contribution in [1.29, 1.82) is 0 Å². The van der Waals surface area contributed by atoms with Gasteiger partial charge in [-0.15, -0.1) is 0 Å². The van der Waals surface area contributed by atoms with Gasteiger partial charge in [0.1, 0.15) is 0 Å². The van der Waals surface area contributed by atoms with Crippen LogP contribution in [0.5, 0.6) is 0 Å². The lowest BCUT2D eigenvalue weighted by Crippen LogP contribution is -2.43. The van der Waals surface area contributed by atoms with Crippen molar-refractivity contribution in [3.63, 3.8) is 0 Å². The van der Waals surface area contributed by atoms with Crippen LogP contribution in [0, 0.1) is 0 Å². The van der Waals surface area contributed by atoms with Gasteiger partial charge in [-0.25, -0.2) is 0 Å². The molecule has 0 aromatic heterocycles. The van der Waals surface area contributed by atoms with Gasteiger partial charge in [-0.05, 0) is 55.6 Å². The molecule has 136 valence electrons. The minimum absolute atomic E-state index is 0.00948. The monoisotopic (exact) mass is 351 g/mol. The average Bonchev–Trinajstić information content (AvgIpc) is 2.70. The maximum atomic E-state index is 12.2. The molecule has 5 heteroatoms. The summed E-state index contributed by atoms with van der Waals surface area (Å²) in [4.78, 5) is 24.4. The van der Waals surface area contributed by atoms with Gasteiger partial charge in [0.05, 0.1) is 6.04 Å². The number of nitrogens with one attached hydrogen (secondary N) is 3. The molecule has 1 aliphatic heterocycles. The molecule has 3 rings (SSSR count). The Bertz CT molecular complexity index is 723. The summed E-state index contributed by atoms with van der Waals surface area (Å²) < 4.78 is 0. The fourth-order valence-electron chi connectivity index (χ4n) is 3.08. The van der Waals surface area contributed by atoms with E-state index in [0.29, 0.717) is 17.8 Å². The highest BCUT2D eigenvalue weighted by Gasteiger charge is 2.20. The van der Waals surface area contributed by atoms with Gasteiger partial charge in [0, 0.05) is 17.8 Å². The van der Waals surface area contributed by atoms with Gasteiger partial charge < -0.3 is 16.0 Å². The second-order valence-corrected chi connectivity index (χ2v) is 6.56. The molecule has 0 aliphatic carbocycles. The number of carbonyl (C=O) groups is 2. The number of carbonyl (C=O) groups excluding carboxylic acids is 2. The molecule has 0 bridgehead atoms. The predicted molar refractivity (Wildman–Crippen MR) is 103 cm³/mol. The van der Waals surface area contributed by atoms with Crippen molar-refractivity contribution in [3.05, 3.63) is 65.7 Å². The molecule has 2 aromatic rings. The largest absolute Gasteiger partial charge is 0.352 e. The van der Waals surface area contributed by atoms with Gasteiger partial charge in [0.2, 0.25) is 5.91 Å². The van der Waals surface area contributed by atoms with Crippen LogP contribution in [0.4, 0.5) is 5.69 Å². The maximum Gasteiger partial charge on any atom is 0.251 e. The van der Waals surface area contributed by atoms with Crippen LogP contribution in [-0.2, 0) is 11.2 Å². The number of piperidine rings is 1. The SMILES string of the molecule is O=C(NCCc1ccccc1)c1ccc(NC(=O)C2CCCCN2)cc1. The van der Waals surface area contributed by atoms with Gasteiger partial charge in [-0.3, -0.25) is 9.59 Å². The lowest BCUT2D eigenvalue weighted by Gasteiger charge is -2.22. The molecule has 1 heterocycles. The quantitative estimate of drug-likeness (QED) is 0.749. The average molecular weight is 351 g/mol. The number of anilines is 1. The van der Waals surface area contributed by atoms with E-state index in [1.165, 1.54) is 5.56 Å². The smallest absolute Gasteiger partial charge is 0.251 e. The third-order valence-corrected chi connectivity index (χ3v) is 4.58. The zero-order valence-electron chi connectivity index (χ0n) is 14.8. The summed E-state index contributed by atoms with van der Waals surface area (Å²) in [5.74, 6) is -0.113. The Morgan fingerprint density at radius 3 is 2.46 bits per heavy atom. The van der Waals surface area contributed by atoms with E-state index in [1.807, 2.05) is 30.3 Å². The van der Waals surface area contributed by atoms with Crippen molar-refractivity contribution in [2.24, 2.45) is 0 Å². The summed E-state index contributed by atoms with van der Waals surface area (Å²) in [6.07, 6.45) is 3.87. The topological polar surface area (TPSA) is 70.2 Å². The summed E-state index contributed by atoms with van der Waals surface area (Å²) in [6, 6.07) is 17.0. The van der Waals surface area contributed by atoms with E-state index < -0.39 is 0 Å². The van der Waals surface area contributed by atoms with Gasteiger partial charge in [-0.2, -0.15) is 0 Å². The van der Waals surface area contributed by atoms with E-state index in [9.17, 15) is 9.59 Å². The highest BCUT2D eigenvalue weighted by Crippen LogP contribution is 2.13. The second-order valence-electron chi connectivity index (χ2n) is 6.56. The molecule has 2 amide bonds. The predicted octanol–water partition coefficient (Wildman–Crippen LogP) is 2.74. The minimum atomic E-state index is -0.121. The van der Waals surface area contributed by atoms with Crippen LogP contribution in [0.15, 0.2) is 54.6 Å². The van der Waals surface area contributed by atoms with Crippen molar-refractivity contribution in [2.75, 3.05) is 18.4 Å². The summed E-state index contributed by atoms with van der Waals surface area (Å²) in [5, 5.41) is 9.06. The summed E-state index contributed by atoms with van der Waals surface area (Å²) in [7, 11) is 0. The van der Waals surface area contributed by atoms with Gasteiger partial charge in [0.15, 0.2) is 0 Å². The van der Waals surface area contributed by atoms with Crippen LogP contribution in [0.2, 0.25) is 0 Å². The Morgan fingerprint density at radius 1 is 1.00 bits per heavy atom. The number of rotatable bonds is 6. The lowest BCUT2D eigenvalue weighted by atomic mass is 10.0. The lowest BCUT2D eigenvalue weighted by molar-refractivity contribution is -0.118. The number of benzene rings is 2. The Hall–Kier alpha value is -2.66. The van der Waals surface area contributed by atoms with Crippen LogP contribution >= 0.6 is 0 Å². The molecule has 26 heavy (non-hydrogen) atoms. The first-order valence-electron chi connectivity index (χ1n) is 9.19. The van der Waals surface area contributed by atoms with Crippen LogP contribution in [0.1, 0.15) is 35.2 Å². The molecule has 3 N–H and O–H groups in total. The third kappa shape index (κ3) is 5.17. The fourth-order valence-corrected chi connectivity index (χ4v) is 3.08. The number of amides is 2. The Kier molecular flexibility index (Phi) is 6.39. The Morgan fingerprint density at radius 2 is 1.77 bits per heavy atom. The van der Waals surface area contributed by atoms with Crippen LogP contribution in [0.3, 0.4) is 0 Å². The van der Waals surface area contributed by atoms with Crippen molar-refractivity contribution >= 4 is 17.5 Å². The van der Waals surface area contributed by atoms with Gasteiger partial charge >= 0.3 is 0 Å². The van der Waals surface area contributed by atoms with E-state index in [2.05, 4.69) is 16.0 Å². The van der Waals surface area contributed by atoms with E-state index in [-0.39, 0.29) is 17.9 Å². The van der Waals surface area contributed by atoms with Gasteiger partial charge in [0.25, 0.3) is 5.91 Å². The molecule has 0 radical (unpaired) electrons. The van der Waals surface area contributed by atoms with Crippen molar-refractivity contribution in [2.45, 2.75) is 31.7 Å². The molecule has 1 unspecified atom stereocenters. The Balaban J connectivity index is 1.47. The standard InChI is InChI=1S/C21H25N3O2/c25-20(23-15-13-16-6-2-1-3-7-16)17-9-11-18(12-10-17)24-21(26)19-8-4-5-14-22-19/h1-3,6-7,9-12,19,22H,4-5,8,13-15H2,(H,23,25)(H,24,26). The first kappa shape index (κ1) is 18.1.